The van der Waals surface area contributed by atoms with Crippen molar-refractivity contribution in [3.8, 4) is 0 Å². The SMILES string of the molecule is NC(=O)CCCCNCc1ccc(SC(F)(F)F)cc1. The molecule has 0 saturated heterocycles. The standard InChI is InChI=1S/C13H17F3N2OS/c14-13(15,16)20-11-6-4-10(5-7-11)9-18-8-2-1-3-12(17)19/h4-7,18H,1-3,8-9H2,(H2,17,19). The number of carbonyl (C=O) groups is 1. The van der Waals surface area contributed by atoms with Crippen LogP contribution >= 0.6 is 11.8 Å². The molecule has 0 spiro atoms. The van der Waals surface area contributed by atoms with Gasteiger partial charge in [0.25, 0.3) is 0 Å². The van der Waals surface area contributed by atoms with Crippen molar-refractivity contribution >= 4 is 17.7 Å². The van der Waals surface area contributed by atoms with E-state index in [-0.39, 0.29) is 22.6 Å². The minimum atomic E-state index is -4.25. The Morgan fingerprint density at radius 3 is 2.40 bits per heavy atom. The Labute approximate surface area is 120 Å². The molecule has 0 fully saturated rings. The van der Waals surface area contributed by atoms with Crippen LogP contribution < -0.4 is 11.1 Å². The highest BCUT2D eigenvalue weighted by molar-refractivity contribution is 8.00. The molecule has 0 radical (unpaired) electrons. The summed E-state index contributed by atoms with van der Waals surface area (Å²) in [5.74, 6) is -0.303. The second kappa shape index (κ2) is 8.16. The average molecular weight is 306 g/mol. The van der Waals surface area contributed by atoms with Crippen LogP contribution in [0.1, 0.15) is 24.8 Å². The Hall–Kier alpha value is -1.21. The maximum atomic E-state index is 12.1. The molecule has 1 amide bonds. The smallest absolute Gasteiger partial charge is 0.370 e. The molecule has 0 aliphatic rings. The number of carbonyl (C=O) groups excluding carboxylic acids is 1. The summed E-state index contributed by atoms with van der Waals surface area (Å²) in [6, 6.07) is 6.26. The molecule has 0 bridgehead atoms. The molecule has 0 atom stereocenters. The lowest BCUT2D eigenvalue weighted by Gasteiger charge is -2.07. The van der Waals surface area contributed by atoms with Gasteiger partial charge in [-0.05, 0) is 48.8 Å². The van der Waals surface area contributed by atoms with Crippen molar-refractivity contribution in [3.63, 3.8) is 0 Å². The Bertz CT molecular complexity index is 421. The number of alkyl halides is 3. The molecule has 112 valence electrons. The average Bonchev–Trinajstić information content (AvgIpc) is 2.33. The van der Waals surface area contributed by atoms with Crippen LogP contribution in [0.2, 0.25) is 0 Å². The van der Waals surface area contributed by atoms with Crippen molar-refractivity contribution < 1.29 is 18.0 Å². The first-order valence-electron chi connectivity index (χ1n) is 6.20. The number of primary amides is 1. The summed E-state index contributed by atoms with van der Waals surface area (Å²) in [5, 5.41) is 3.16. The Morgan fingerprint density at radius 2 is 1.85 bits per heavy atom. The van der Waals surface area contributed by atoms with Gasteiger partial charge in [0.15, 0.2) is 0 Å². The van der Waals surface area contributed by atoms with Gasteiger partial charge in [0.2, 0.25) is 5.91 Å². The van der Waals surface area contributed by atoms with E-state index in [0.29, 0.717) is 13.0 Å². The zero-order chi connectivity index (χ0) is 15.0. The van der Waals surface area contributed by atoms with Crippen molar-refractivity contribution in [2.75, 3.05) is 6.54 Å². The van der Waals surface area contributed by atoms with Gasteiger partial charge in [0.1, 0.15) is 0 Å². The summed E-state index contributed by atoms with van der Waals surface area (Å²) < 4.78 is 36.4. The third kappa shape index (κ3) is 8.06. The summed E-state index contributed by atoms with van der Waals surface area (Å²) in [6.45, 7) is 1.33. The summed E-state index contributed by atoms with van der Waals surface area (Å²) in [5.41, 5.74) is 1.69. The van der Waals surface area contributed by atoms with Crippen molar-refractivity contribution in [1.29, 1.82) is 0 Å². The molecule has 7 heteroatoms. The third-order valence-electron chi connectivity index (χ3n) is 2.51. The Kier molecular flexibility index (Phi) is 6.87. The van der Waals surface area contributed by atoms with Crippen LogP contribution in [0.5, 0.6) is 0 Å². The van der Waals surface area contributed by atoms with Crippen LogP contribution in [-0.2, 0) is 11.3 Å². The number of halogens is 3. The fraction of sp³-hybridized carbons (Fsp3) is 0.462. The highest BCUT2D eigenvalue weighted by atomic mass is 32.2. The molecule has 1 aromatic rings. The predicted molar refractivity (Wildman–Crippen MR) is 73.1 cm³/mol. The fourth-order valence-corrected chi connectivity index (χ4v) is 2.13. The van der Waals surface area contributed by atoms with E-state index in [2.05, 4.69) is 5.32 Å². The molecule has 1 rings (SSSR count). The maximum absolute atomic E-state index is 12.1. The van der Waals surface area contributed by atoms with Gasteiger partial charge in [-0.3, -0.25) is 4.79 Å². The number of benzene rings is 1. The van der Waals surface area contributed by atoms with Crippen LogP contribution in [0.25, 0.3) is 0 Å². The first-order chi connectivity index (χ1) is 9.37. The highest BCUT2D eigenvalue weighted by Gasteiger charge is 2.28. The molecule has 3 nitrogen and oxygen atoms in total. The monoisotopic (exact) mass is 306 g/mol. The van der Waals surface area contributed by atoms with E-state index in [4.69, 9.17) is 5.73 Å². The summed E-state index contributed by atoms with van der Waals surface area (Å²) >= 11 is -0.117. The lowest BCUT2D eigenvalue weighted by molar-refractivity contribution is -0.118. The molecule has 0 saturated carbocycles. The van der Waals surface area contributed by atoms with Gasteiger partial charge in [-0.15, -0.1) is 0 Å². The molecule has 1 aromatic carbocycles. The Morgan fingerprint density at radius 1 is 1.20 bits per heavy atom. The predicted octanol–water partition coefficient (Wildman–Crippen LogP) is 3.04. The number of nitrogens with two attached hydrogens (primary N) is 1. The van der Waals surface area contributed by atoms with Crippen LogP contribution in [0.3, 0.4) is 0 Å². The number of rotatable bonds is 8. The van der Waals surface area contributed by atoms with Gasteiger partial charge in [0.05, 0.1) is 0 Å². The minimum absolute atomic E-state index is 0.117. The second-order valence-corrected chi connectivity index (χ2v) is 5.43. The number of nitrogens with one attached hydrogen (secondary N) is 1. The van der Waals surface area contributed by atoms with Gasteiger partial charge >= 0.3 is 5.51 Å². The molecule has 0 aliphatic carbocycles. The molecule has 0 heterocycles. The van der Waals surface area contributed by atoms with E-state index in [9.17, 15) is 18.0 Å². The first-order valence-corrected chi connectivity index (χ1v) is 7.02. The van der Waals surface area contributed by atoms with Crippen molar-refractivity contribution in [1.82, 2.24) is 5.32 Å². The van der Waals surface area contributed by atoms with E-state index in [1.54, 1.807) is 12.1 Å². The number of unbranched alkanes of at least 4 members (excludes halogenated alkanes) is 1. The summed E-state index contributed by atoms with van der Waals surface area (Å²) in [4.78, 5) is 10.7. The van der Waals surface area contributed by atoms with E-state index in [0.717, 1.165) is 24.9 Å². The van der Waals surface area contributed by atoms with Crippen LogP contribution in [0.4, 0.5) is 13.2 Å². The van der Waals surface area contributed by atoms with E-state index < -0.39 is 5.51 Å². The van der Waals surface area contributed by atoms with Gasteiger partial charge in [-0.25, -0.2) is 0 Å². The zero-order valence-corrected chi connectivity index (χ0v) is 11.7. The summed E-state index contributed by atoms with van der Waals surface area (Å²) in [7, 11) is 0. The third-order valence-corrected chi connectivity index (χ3v) is 3.25. The van der Waals surface area contributed by atoms with Crippen molar-refractivity contribution in [2.45, 2.75) is 36.2 Å². The van der Waals surface area contributed by atoms with E-state index >= 15 is 0 Å². The molecule has 0 unspecified atom stereocenters. The van der Waals surface area contributed by atoms with Crippen molar-refractivity contribution in [2.24, 2.45) is 5.73 Å². The topological polar surface area (TPSA) is 55.1 Å². The summed E-state index contributed by atoms with van der Waals surface area (Å²) in [6.07, 6.45) is 1.96. The number of amides is 1. The van der Waals surface area contributed by atoms with Crippen LogP contribution in [0.15, 0.2) is 29.2 Å². The van der Waals surface area contributed by atoms with Crippen LogP contribution in [-0.4, -0.2) is 18.0 Å². The quantitative estimate of drug-likeness (QED) is 0.573. The van der Waals surface area contributed by atoms with Gasteiger partial charge in [-0.2, -0.15) is 13.2 Å². The lowest BCUT2D eigenvalue weighted by atomic mass is 10.2. The van der Waals surface area contributed by atoms with Gasteiger partial charge in [-0.1, -0.05) is 12.1 Å². The Balaban J connectivity index is 2.23. The number of hydrogen-bond acceptors (Lipinski definition) is 3. The molecule has 3 N–H and O–H groups in total. The highest BCUT2D eigenvalue weighted by Crippen LogP contribution is 2.36. The first kappa shape index (κ1) is 16.8. The van der Waals surface area contributed by atoms with Crippen molar-refractivity contribution in [3.05, 3.63) is 29.8 Å². The van der Waals surface area contributed by atoms with E-state index in [1.165, 1.54) is 12.1 Å². The van der Waals surface area contributed by atoms with E-state index in [1.807, 2.05) is 0 Å². The number of hydrogen-bond donors (Lipinski definition) is 2. The zero-order valence-electron chi connectivity index (χ0n) is 10.9. The second-order valence-electron chi connectivity index (χ2n) is 4.29. The molecule has 0 aromatic heterocycles. The van der Waals surface area contributed by atoms with Gasteiger partial charge < -0.3 is 11.1 Å². The molecular formula is C13H17F3N2OS. The largest absolute Gasteiger partial charge is 0.446 e. The molecule has 20 heavy (non-hydrogen) atoms. The number of thioether (sulfide) groups is 1. The fourth-order valence-electron chi connectivity index (χ4n) is 1.59. The lowest BCUT2D eigenvalue weighted by Crippen LogP contribution is -2.16. The normalized spacial score (nSPS) is 11.6. The minimum Gasteiger partial charge on any atom is -0.370 e. The van der Waals surface area contributed by atoms with Gasteiger partial charge in [0, 0.05) is 17.9 Å². The molecule has 0 aliphatic heterocycles. The maximum Gasteiger partial charge on any atom is 0.446 e. The molecular weight excluding hydrogens is 289 g/mol. The van der Waals surface area contributed by atoms with Crippen LogP contribution in [0, 0.1) is 0 Å².